The van der Waals surface area contributed by atoms with E-state index in [4.69, 9.17) is 0 Å². The van der Waals surface area contributed by atoms with Crippen molar-refractivity contribution in [2.24, 2.45) is 0 Å². The van der Waals surface area contributed by atoms with E-state index >= 15 is 0 Å². The highest BCUT2D eigenvalue weighted by Gasteiger charge is 2.32. The molecule has 3 heteroatoms. The third kappa shape index (κ3) is 3.43. The van der Waals surface area contributed by atoms with Crippen LogP contribution in [0, 0.1) is 0 Å². The van der Waals surface area contributed by atoms with Gasteiger partial charge in [-0.3, -0.25) is 4.90 Å². The van der Waals surface area contributed by atoms with Crippen LogP contribution in [-0.2, 0) is 0 Å². The van der Waals surface area contributed by atoms with Crippen LogP contribution in [0.5, 0.6) is 0 Å². The normalized spacial score (nSPS) is 28.9. The summed E-state index contributed by atoms with van der Waals surface area (Å²) in [6, 6.07) is 1.42. The van der Waals surface area contributed by atoms with Crippen LogP contribution in [0.3, 0.4) is 0 Å². The first-order chi connectivity index (χ1) is 8.35. The van der Waals surface area contributed by atoms with Gasteiger partial charge >= 0.3 is 0 Å². The summed E-state index contributed by atoms with van der Waals surface area (Å²) < 4.78 is 0. The molecule has 1 N–H and O–H groups in total. The predicted octanol–water partition coefficient (Wildman–Crippen LogP) is 1.71. The van der Waals surface area contributed by atoms with Crippen molar-refractivity contribution >= 4 is 0 Å². The molecule has 100 valence electrons. The fourth-order valence-electron chi connectivity index (χ4n) is 3.58. The maximum atomic E-state index is 9.25. The smallest absolute Gasteiger partial charge is 0.0446 e. The highest BCUT2D eigenvalue weighted by Crippen LogP contribution is 2.27. The second-order valence-electron chi connectivity index (χ2n) is 5.64. The number of aliphatic hydroxyl groups is 1. The minimum Gasteiger partial charge on any atom is -0.396 e. The van der Waals surface area contributed by atoms with Crippen LogP contribution in [0.25, 0.3) is 0 Å². The molecular weight excluding hydrogens is 212 g/mol. The Morgan fingerprint density at radius 3 is 2.59 bits per heavy atom. The van der Waals surface area contributed by atoms with Crippen molar-refractivity contribution < 1.29 is 5.11 Å². The first-order valence-electron chi connectivity index (χ1n) is 7.44. The van der Waals surface area contributed by atoms with Gasteiger partial charge in [0.05, 0.1) is 0 Å². The Labute approximate surface area is 106 Å². The van der Waals surface area contributed by atoms with E-state index < -0.39 is 0 Å². The summed E-state index contributed by atoms with van der Waals surface area (Å²) in [5, 5.41) is 9.25. The summed E-state index contributed by atoms with van der Waals surface area (Å²) in [6.07, 6.45) is 7.79. The Bertz CT molecular complexity index is 216. The molecule has 1 saturated carbocycles. The number of nitrogens with zero attached hydrogens (tertiary/aromatic N) is 2. The van der Waals surface area contributed by atoms with Crippen molar-refractivity contribution in [1.82, 2.24) is 9.80 Å². The molecule has 2 aliphatic rings. The van der Waals surface area contributed by atoms with E-state index in [0.717, 1.165) is 12.5 Å². The maximum absolute atomic E-state index is 9.25. The monoisotopic (exact) mass is 240 g/mol. The first-order valence-corrected chi connectivity index (χ1v) is 7.44. The molecule has 0 bridgehead atoms. The van der Waals surface area contributed by atoms with Gasteiger partial charge in [0, 0.05) is 38.3 Å². The van der Waals surface area contributed by atoms with Crippen LogP contribution in [0.15, 0.2) is 0 Å². The Balaban J connectivity index is 1.90. The number of aliphatic hydroxyl groups excluding tert-OH is 1. The summed E-state index contributed by atoms with van der Waals surface area (Å²) in [5.41, 5.74) is 0. The topological polar surface area (TPSA) is 26.7 Å². The van der Waals surface area contributed by atoms with E-state index in [0.29, 0.717) is 12.6 Å². The zero-order chi connectivity index (χ0) is 12.1. The molecule has 1 heterocycles. The van der Waals surface area contributed by atoms with Crippen molar-refractivity contribution in [3.63, 3.8) is 0 Å². The van der Waals surface area contributed by atoms with Gasteiger partial charge in [-0.2, -0.15) is 0 Å². The minimum absolute atomic E-state index is 0.341. The lowest BCUT2D eigenvalue weighted by Crippen LogP contribution is -2.56. The van der Waals surface area contributed by atoms with Gasteiger partial charge in [0.25, 0.3) is 0 Å². The van der Waals surface area contributed by atoms with Gasteiger partial charge in [-0.25, -0.2) is 0 Å². The summed E-state index contributed by atoms with van der Waals surface area (Å²) in [4.78, 5) is 5.28. The number of hydrogen-bond acceptors (Lipinski definition) is 3. The molecule has 3 nitrogen and oxygen atoms in total. The van der Waals surface area contributed by atoms with Gasteiger partial charge in [-0.05, 0) is 32.2 Å². The molecule has 0 aromatic carbocycles. The van der Waals surface area contributed by atoms with Crippen LogP contribution < -0.4 is 0 Å². The molecule has 1 aliphatic heterocycles. The highest BCUT2D eigenvalue weighted by atomic mass is 16.3. The maximum Gasteiger partial charge on any atom is 0.0446 e. The third-order valence-corrected chi connectivity index (χ3v) is 4.41. The fraction of sp³-hybridized carbons (Fsp3) is 1.00. The largest absolute Gasteiger partial charge is 0.396 e. The molecule has 2 rings (SSSR count). The molecule has 2 fully saturated rings. The fourth-order valence-corrected chi connectivity index (χ4v) is 3.58. The zero-order valence-electron chi connectivity index (χ0n) is 11.3. The molecule has 0 spiro atoms. The van der Waals surface area contributed by atoms with Crippen molar-refractivity contribution in [2.45, 2.75) is 57.5 Å². The van der Waals surface area contributed by atoms with E-state index in [1.807, 2.05) is 0 Å². The Hall–Kier alpha value is -0.120. The Morgan fingerprint density at radius 2 is 1.94 bits per heavy atom. The van der Waals surface area contributed by atoms with Gasteiger partial charge < -0.3 is 10.0 Å². The summed E-state index contributed by atoms with van der Waals surface area (Å²) in [6.45, 7) is 7.44. The number of hydrogen-bond donors (Lipinski definition) is 1. The Kier molecular flexibility index (Phi) is 5.26. The zero-order valence-corrected chi connectivity index (χ0v) is 11.3. The van der Waals surface area contributed by atoms with Gasteiger partial charge in [0.15, 0.2) is 0 Å². The van der Waals surface area contributed by atoms with Crippen molar-refractivity contribution in [1.29, 1.82) is 0 Å². The molecule has 0 aromatic heterocycles. The van der Waals surface area contributed by atoms with Gasteiger partial charge in [0.2, 0.25) is 0 Å². The second kappa shape index (κ2) is 6.72. The second-order valence-corrected chi connectivity index (χ2v) is 5.64. The Morgan fingerprint density at radius 1 is 1.18 bits per heavy atom. The lowest BCUT2D eigenvalue weighted by molar-refractivity contribution is 0.0300. The minimum atomic E-state index is 0.341. The van der Waals surface area contributed by atoms with Crippen molar-refractivity contribution in [3.05, 3.63) is 0 Å². The van der Waals surface area contributed by atoms with E-state index in [9.17, 15) is 5.11 Å². The van der Waals surface area contributed by atoms with E-state index in [-0.39, 0.29) is 0 Å². The molecule has 1 aliphatic carbocycles. The van der Waals surface area contributed by atoms with Crippen LogP contribution >= 0.6 is 0 Å². The van der Waals surface area contributed by atoms with E-state index in [1.54, 1.807) is 0 Å². The number of piperazine rings is 1. The van der Waals surface area contributed by atoms with Gasteiger partial charge in [-0.15, -0.1) is 0 Å². The average Bonchev–Trinajstić information content (AvgIpc) is 2.84. The van der Waals surface area contributed by atoms with Crippen LogP contribution in [-0.4, -0.2) is 59.8 Å². The van der Waals surface area contributed by atoms with Gasteiger partial charge in [-0.1, -0.05) is 19.8 Å². The molecule has 1 atom stereocenters. The van der Waals surface area contributed by atoms with Gasteiger partial charge in [0.1, 0.15) is 0 Å². The third-order valence-electron chi connectivity index (χ3n) is 4.41. The SMILES string of the molecule is CCCN1CCN(C2CCCC2)[C@H](CCO)C1. The van der Waals surface area contributed by atoms with Crippen LogP contribution in [0.1, 0.15) is 45.4 Å². The molecular formula is C14H28N2O. The van der Waals surface area contributed by atoms with Crippen molar-refractivity contribution in [2.75, 3.05) is 32.8 Å². The quantitative estimate of drug-likeness (QED) is 0.792. The number of rotatable bonds is 5. The lowest BCUT2D eigenvalue weighted by Gasteiger charge is -2.44. The van der Waals surface area contributed by atoms with E-state index in [2.05, 4.69) is 16.7 Å². The van der Waals surface area contributed by atoms with Crippen molar-refractivity contribution in [3.8, 4) is 0 Å². The standard InChI is InChI=1S/C14H28N2O/c1-2-8-15-9-10-16(13-5-3-4-6-13)14(12-15)7-11-17/h13-14,17H,2-12H2,1H3/t14-/m1/s1. The summed E-state index contributed by atoms with van der Waals surface area (Å²) in [7, 11) is 0. The average molecular weight is 240 g/mol. The van der Waals surface area contributed by atoms with Crippen LogP contribution in [0.2, 0.25) is 0 Å². The van der Waals surface area contributed by atoms with Crippen LogP contribution in [0.4, 0.5) is 0 Å². The molecule has 0 radical (unpaired) electrons. The molecule has 0 amide bonds. The molecule has 17 heavy (non-hydrogen) atoms. The molecule has 0 unspecified atom stereocenters. The first kappa shape index (κ1) is 13.3. The lowest BCUT2D eigenvalue weighted by atomic mass is 10.0. The predicted molar refractivity (Wildman–Crippen MR) is 71.2 cm³/mol. The van der Waals surface area contributed by atoms with E-state index in [1.165, 1.54) is 58.3 Å². The summed E-state index contributed by atoms with van der Waals surface area (Å²) >= 11 is 0. The summed E-state index contributed by atoms with van der Waals surface area (Å²) in [5.74, 6) is 0. The highest BCUT2D eigenvalue weighted by molar-refractivity contribution is 4.88. The molecule has 1 saturated heterocycles. The molecule has 0 aromatic rings.